The molecule has 5 nitrogen and oxygen atoms in total. The van der Waals surface area contributed by atoms with Gasteiger partial charge in [-0.25, -0.2) is 5.10 Å². The SMILES string of the molecule is S=c1[nH]nc(-c2ccc(Cl)cc2Cl)n1N=Cc1cccc(OCc2ccccc2)c1. The number of halogens is 2. The zero-order valence-electron chi connectivity index (χ0n) is 15.6. The molecule has 0 unspecified atom stereocenters. The van der Waals surface area contributed by atoms with Gasteiger partial charge in [-0.05, 0) is 53.7 Å². The summed E-state index contributed by atoms with van der Waals surface area (Å²) in [5, 5.41) is 12.5. The topological polar surface area (TPSA) is 55.2 Å². The van der Waals surface area contributed by atoms with Crippen molar-refractivity contribution in [3.05, 3.63) is 98.7 Å². The fourth-order valence-corrected chi connectivity index (χ4v) is 3.47. The monoisotopic (exact) mass is 454 g/mol. The first-order valence-corrected chi connectivity index (χ1v) is 10.2. The number of nitrogens with zero attached hydrogens (tertiary/aromatic N) is 3. The van der Waals surface area contributed by atoms with Crippen LogP contribution in [0.25, 0.3) is 11.4 Å². The van der Waals surface area contributed by atoms with Crippen LogP contribution < -0.4 is 4.74 Å². The summed E-state index contributed by atoms with van der Waals surface area (Å²) in [7, 11) is 0. The number of H-pyrrole nitrogens is 1. The van der Waals surface area contributed by atoms with E-state index < -0.39 is 0 Å². The van der Waals surface area contributed by atoms with Crippen LogP contribution in [-0.4, -0.2) is 21.1 Å². The molecule has 0 fully saturated rings. The summed E-state index contributed by atoms with van der Waals surface area (Å²) in [6.07, 6.45) is 1.69. The van der Waals surface area contributed by atoms with E-state index in [2.05, 4.69) is 15.3 Å². The molecule has 0 saturated carbocycles. The van der Waals surface area contributed by atoms with Gasteiger partial charge < -0.3 is 4.74 Å². The highest BCUT2D eigenvalue weighted by Crippen LogP contribution is 2.29. The summed E-state index contributed by atoms with van der Waals surface area (Å²) in [6, 6.07) is 22.8. The molecule has 3 aromatic carbocycles. The second-order valence-electron chi connectivity index (χ2n) is 6.38. The van der Waals surface area contributed by atoms with Crippen LogP contribution in [-0.2, 0) is 6.61 Å². The summed E-state index contributed by atoms with van der Waals surface area (Å²) in [4.78, 5) is 0. The molecule has 0 atom stereocenters. The largest absolute Gasteiger partial charge is 0.489 e. The van der Waals surface area contributed by atoms with Crippen molar-refractivity contribution < 1.29 is 4.74 Å². The van der Waals surface area contributed by atoms with Crippen LogP contribution >= 0.6 is 35.4 Å². The zero-order chi connectivity index (χ0) is 20.9. The predicted molar refractivity (Wildman–Crippen MR) is 123 cm³/mol. The van der Waals surface area contributed by atoms with Gasteiger partial charge in [-0.2, -0.15) is 14.9 Å². The molecule has 0 spiro atoms. The van der Waals surface area contributed by atoms with Crippen molar-refractivity contribution in [1.29, 1.82) is 0 Å². The first kappa shape index (κ1) is 20.3. The first-order chi connectivity index (χ1) is 14.6. The second kappa shape index (κ2) is 9.26. The Hall–Kier alpha value is -2.93. The van der Waals surface area contributed by atoms with E-state index in [4.69, 9.17) is 40.2 Å². The van der Waals surface area contributed by atoms with E-state index in [-0.39, 0.29) is 0 Å². The lowest BCUT2D eigenvalue weighted by Crippen LogP contribution is -1.97. The van der Waals surface area contributed by atoms with Crippen LogP contribution in [0.4, 0.5) is 0 Å². The number of hydrogen-bond donors (Lipinski definition) is 1. The Morgan fingerprint density at radius 1 is 1.03 bits per heavy atom. The minimum atomic E-state index is 0.351. The molecule has 4 aromatic rings. The van der Waals surface area contributed by atoms with Crippen LogP contribution in [0.3, 0.4) is 0 Å². The maximum absolute atomic E-state index is 6.31. The molecule has 1 N–H and O–H groups in total. The van der Waals surface area contributed by atoms with Gasteiger partial charge in [0.25, 0.3) is 0 Å². The molecular weight excluding hydrogens is 439 g/mol. The maximum Gasteiger partial charge on any atom is 0.216 e. The Morgan fingerprint density at radius 2 is 1.87 bits per heavy atom. The molecule has 0 saturated heterocycles. The minimum Gasteiger partial charge on any atom is -0.489 e. The van der Waals surface area contributed by atoms with E-state index in [0.717, 1.165) is 16.9 Å². The van der Waals surface area contributed by atoms with Crippen molar-refractivity contribution in [2.24, 2.45) is 5.10 Å². The van der Waals surface area contributed by atoms with Gasteiger partial charge in [0.05, 0.1) is 11.2 Å². The Labute approximate surface area is 188 Å². The molecule has 0 amide bonds. The van der Waals surface area contributed by atoms with E-state index in [9.17, 15) is 0 Å². The van der Waals surface area contributed by atoms with Gasteiger partial charge >= 0.3 is 0 Å². The molecule has 1 aromatic heterocycles. The van der Waals surface area contributed by atoms with Gasteiger partial charge in [0.1, 0.15) is 12.4 Å². The fraction of sp³-hybridized carbons (Fsp3) is 0.0455. The lowest BCUT2D eigenvalue weighted by molar-refractivity contribution is 0.306. The van der Waals surface area contributed by atoms with Crippen LogP contribution in [0, 0.1) is 4.77 Å². The van der Waals surface area contributed by atoms with Crippen molar-refractivity contribution in [3.8, 4) is 17.1 Å². The lowest BCUT2D eigenvalue weighted by Gasteiger charge is -2.07. The number of hydrogen-bond acceptors (Lipinski definition) is 4. The van der Waals surface area contributed by atoms with Gasteiger partial charge in [0.15, 0.2) is 5.82 Å². The summed E-state index contributed by atoms with van der Waals surface area (Å²) < 4.78 is 7.74. The third-order valence-electron chi connectivity index (χ3n) is 4.25. The van der Waals surface area contributed by atoms with Crippen molar-refractivity contribution >= 4 is 41.6 Å². The third-order valence-corrected chi connectivity index (χ3v) is 5.06. The second-order valence-corrected chi connectivity index (χ2v) is 7.61. The molecule has 0 bridgehead atoms. The number of aromatic nitrogens is 3. The Bertz CT molecular complexity index is 1250. The molecule has 30 heavy (non-hydrogen) atoms. The smallest absolute Gasteiger partial charge is 0.216 e. The van der Waals surface area contributed by atoms with Gasteiger partial charge in [-0.3, -0.25) is 0 Å². The van der Waals surface area contributed by atoms with Crippen molar-refractivity contribution in [2.45, 2.75) is 6.61 Å². The molecule has 1 heterocycles. The average Bonchev–Trinajstić information content (AvgIpc) is 3.12. The number of aromatic amines is 1. The summed E-state index contributed by atoms with van der Waals surface area (Å²) in [5.74, 6) is 1.24. The summed E-state index contributed by atoms with van der Waals surface area (Å²) in [5.41, 5.74) is 2.63. The van der Waals surface area contributed by atoms with Crippen molar-refractivity contribution in [2.75, 3.05) is 0 Å². The van der Waals surface area contributed by atoms with Gasteiger partial charge in [0.2, 0.25) is 4.77 Å². The minimum absolute atomic E-state index is 0.351. The highest BCUT2D eigenvalue weighted by molar-refractivity contribution is 7.71. The van der Waals surface area contributed by atoms with E-state index >= 15 is 0 Å². The number of ether oxygens (including phenoxy) is 1. The van der Waals surface area contributed by atoms with Gasteiger partial charge in [-0.15, -0.1) is 0 Å². The lowest BCUT2D eigenvalue weighted by atomic mass is 10.2. The average molecular weight is 455 g/mol. The third kappa shape index (κ3) is 4.79. The van der Waals surface area contributed by atoms with Crippen LogP contribution in [0.5, 0.6) is 5.75 Å². The number of benzene rings is 3. The molecular formula is C22H16Cl2N4OS. The normalized spacial score (nSPS) is 11.1. The van der Waals surface area contributed by atoms with Crippen molar-refractivity contribution in [3.63, 3.8) is 0 Å². The molecule has 150 valence electrons. The van der Waals surface area contributed by atoms with E-state index in [1.807, 2.05) is 54.6 Å². The van der Waals surface area contributed by atoms with Gasteiger partial charge in [0, 0.05) is 10.6 Å². The molecule has 0 aliphatic rings. The van der Waals surface area contributed by atoms with Crippen LogP contribution in [0.2, 0.25) is 10.0 Å². The standard InChI is InChI=1S/C22H16Cl2N4OS/c23-17-9-10-19(20(24)12-17)21-26-27-22(30)28(21)25-13-16-7-4-8-18(11-16)29-14-15-5-2-1-3-6-15/h1-13H,14H2,(H,27,30). The molecule has 0 aliphatic carbocycles. The predicted octanol–water partition coefficient (Wildman–Crippen LogP) is 6.38. The van der Waals surface area contributed by atoms with E-state index in [1.165, 1.54) is 4.68 Å². The molecule has 8 heteroatoms. The highest BCUT2D eigenvalue weighted by atomic mass is 35.5. The first-order valence-electron chi connectivity index (χ1n) is 9.04. The fourth-order valence-electron chi connectivity index (χ4n) is 2.79. The molecule has 0 aliphatic heterocycles. The highest BCUT2D eigenvalue weighted by Gasteiger charge is 2.12. The Balaban J connectivity index is 1.56. The summed E-state index contributed by atoms with van der Waals surface area (Å²) in [6.45, 7) is 0.493. The van der Waals surface area contributed by atoms with Crippen molar-refractivity contribution in [1.82, 2.24) is 14.9 Å². The molecule has 0 radical (unpaired) electrons. The molecule has 4 rings (SSSR count). The quantitative estimate of drug-likeness (QED) is 0.271. The van der Waals surface area contributed by atoms with Crippen LogP contribution in [0.1, 0.15) is 11.1 Å². The Morgan fingerprint density at radius 3 is 2.67 bits per heavy atom. The maximum atomic E-state index is 6.31. The van der Waals surface area contributed by atoms with Gasteiger partial charge in [-0.1, -0.05) is 65.7 Å². The zero-order valence-corrected chi connectivity index (χ0v) is 18.0. The number of nitrogens with one attached hydrogen (secondary N) is 1. The van der Waals surface area contributed by atoms with Crippen LogP contribution in [0.15, 0.2) is 77.9 Å². The number of rotatable bonds is 6. The van der Waals surface area contributed by atoms with E-state index in [0.29, 0.717) is 32.8 Å². The Kier molecular flexibility index (Phi) is 6.28. The van der Waals surface area contributed by atoms with E-state index in [1.54, 1.807) is 24.4 Å². The summed E-state index contributed by atoms with van der Waals surface area (Å²) >= 11 is 17.6.